The Balaban J connectivity index is 1.08. The Bertz CT molecular complexity index is 1420. The third kappa shape index (κ3) is 5.21. The van der Waals surface area contributed by atoms with Crippen LogP contribution in [-0.4, -0.2) is 78.6 Å². The smallest absolute Gasteiger partial charge is 0.414 e. The SMILES string of the molecule is CN(C(=O)OC(C)(C)C)c1ccc(N2CCN(Cc3ccc4c(c3)C3(CC3)C(=O)N4C3CCC(=O)NC3=O)CC2)nc1. The van der Waals surface area contributed by atoms with Crippen molar-refractivity contribution in [2.24, 2.45) is 0 Å². The van der Waals surface area contributed by atoms with Gasteiger partial charge in [-0.2, -0.15) is 0 Å². The topological polar surface area (TPSA) is 115 Å². The number of pyridine rings is 1. The minimum Gasteiger partial charge on any atom is -0.443 e. The highest BCUT2D eigenvalue weighted by molar-refractivity contribution is 6.15. The van der Waals surface area contributed by atoms with Crippen LogP contribution >= 0.6 is 0 Å². The molecule has 1 aromatic carbocycles. The van der Waals surface area contributed by atoms with E-state index in [4.69, 9.17) is 4.74 Å². The molecule has 1 aromatic heterocycles. The Hall–Kier alpha value is -3.99. The molecule has 4 aliphatic rings. The van der Waals surface area contributed by atoms with E-state index in [-0.39, 0.29) is 24.1 Å². The monoisotopic (exact) mass is 574 g/mol. The number of carbonyl (C=O) groups is 4. The Labute approximate surface area is 245 Å². The number of piperazine rings is 1. The number of ether oxygens (including phenoxy) is 1. The largest absolute Gasteiger partial charge is 0.443 e. The van der Waals surface area contributed by atoms with Crippen molar-refractivity contribution >= 4 is 41.0 Å². The summed E-state index contributed by atoms with van der Waals surface area (Å²) in [7, 11) is 1.68. The molecule has 42 heavy (non-hydrogen) atoms. The lowest BCUT2D eigenvalue weighted by Crippen LogP contribution is -2.54. The van der Waals surface area contributed by atoms with Crippen molar-refractivity contribution in [2.45, 2.75) is 70.1 Å². The lowest BCUT2D eigenvalue weighted by atomic mass is 9.96. The number of benzene rings is 1. The normalized spacial score (nSPS) is 21.8. The number of amides is 4. The van der Waals surface area contributed by atoms with Gasteiger partial charge in [-0.1, -0.05) is 12.1 Å². The molecule has 3 fully saturated rings. The number of aromatic nitrogens is 1. The number of rotatable bonds is 5. The van der Waals surface area contributed by atoms with E-state index < -0.39 is 23.2 Å². The van der Waals surface area contributed by atoms with Crippen molar-refractivity contribution in [2.75, 3.05) is 47.9 Å². The fraction of sp³-hybridized carbons (Fsp3) is 0.516. The number of hydrogen-bond acceptors (Lipinski definition) is 8. The quantitative estimate of drug-likeness (QED) is 0.542. The van der Waals surface area contributed by atoms with Crippen molar-refractivity contribution in [3.8, 4) is 0 Å². The zero-order valence-corrected chi connectivity index (χ0v) is 24.7. The summed E-state index contributed by atoms with van der Waals surface area (Å²) in [5.41, 5.74) is 2.58. The van der Waals surface area contributed by atoms with Crippen molar-refractivity contribution in [3.63, 3.8) is 0 Å². The summed E-state index contributed by atoms with van der Waals surface area (Å²) in [4.78, 5) is 62.5. The van der Waals surface area contributed by atoms with Gasteiger partial charge in [0.2, 0.25) is 17.7 Å². The van der Waals surface area contributed by atoms with Gasteiger partial charge in [-0.05, 0) is 69.4 Å². The molecule has 11 heteroatoms. The Morgan fingerprint density at radius 1 is 1.10 bits per heavy atom. The van der Waals surface area contributed by atoms with E-state index >= 15 is 0 Å². The lowest BCUT2D eigenvalue weighted by molar-refractivity contribution is -0.135. The summed E-state index contributed by atoms with van der Waals surface area (Å²) >= 11 is 0. The molecule has 0 bridgehead atoms. The van der Waals surface area contributed by atoms with Gasteiger partial charge in [0, 0.05) is 51.9 Å². The Morgan fingerprint density at radius 3 is 2.45 bits per heavy atom. The maximum absolute atomic E-state index is 13.5. The number of anilines is 3. The lowest BCUT2D eigenvalue weighted by Gasteiger charge is -2.35. The molecule has 3 aliphatic heterocycles. The zero-order valence-electron chi connectivity index (χ0n) is 24.7. The van der Waals surface area contributed by atoms with Gasteiger partial charge in [-0.15, -0.1) is 0 Å². The highest BCUT2D eigenvalue weighted by Gasteiger charge is 2.61. The first-order valence-electron chi connectivity index (χ1n) is 14.7. The molecule has 2 saturated heterocycles. The third-order valence-electron chi connectivity index (χ3n) is 8.63. The van der Waals surface area contributed by atoms with Gasteiger partial charge in [-0.25, -0.2) is 9.78 Å². The standard InChI is InChI=1S/C31H38N6O5/c1-30(2,3)42-29(41)34(4)21-6-9-25(32-18-21)36-15-13-35(14-16-36)19-20-5-7-23-22(17-20)31(11-12-31)28(40)37(23)24-8-10-26(38)33-27(24)39/h5-7,9,17-18,24H,8,10-16,19H2,1-4H3,(H,33,38,39). The average molecular weight is 575 g/mol. The number of fused-ring (bicyclic) bond motifs is 2. The average Bonchev–Trinajstić information content (AvgIpc) is 3.72. The third-order valence-corrected chi connectivity index (χ3v) is 8.63. The minimum atomic E-state index is -0.631. The van der Waals surface area contributed by atoms with Gasteiger partial charge in [-0.3, -0.25) is 34.4 Å². The summed E-state index contributed by atoms with van der Waals surface area (Å²) in [6.45, 7) is 9.67. The predicted octanol–water partition coefficient (Wildman–Crippen LogP) is 2.96. The van der Waals surface area contributed by atoms with Crippen molar-refractivity contribution in [3.05, 3.63) is 47.7 Å². The molecule has 1 N–H and O–H groups in total. The van der Waals surface area contributed by atoms with Crippen LogP contribution in [0.25, 0.3) is 0 Å². The Kier molecular flexibility index (Phi) is 6.95. The van der Waals surface area contributed by atoms with Gasteiger partial charge < -0.3 is 9.64 Å². The van der Waals surface area contributed by atoms with Gasteiger partial charge >= 0.3 is 6.09 Å². The van der Waals surface area contributed by atoms with Crippen LogP contribution in [0.4, 0.5) is 22.0 Å². The molecular formula is C31H38N6O5. The summed E-state index contributed by atoms with van der Waals surface area (Å²) in [5, 5.41) is 2.40. The predicted molar refractivity (Wildman–Crippen MR) is 157 cm³/mol. The molecule has 1 saturated carbocycles. The highest BCUT2D eigenvalue weighted by atomic mass is 16.6. The molecule has 4 amide bonds. The molecule has 222 valence electrons. The van der Waals surface area contributed by atoms with E-state index in [1.54, 1.807) is 18.1 Å². The van der Waals surface area contributed by atoms with Crippen LogP contribution < -0.4 is 20.0 Å². The first-order valence-corrected chi connectivity index (χ1v) is 14.7. The number of hydrogen-bond donors (Lipinski definition) is 1. The summed E-state index contributed by atoms with van der Waals surface area (Å²) in [6, 6.07) is 9.38. The number of carbonyl (C=O) groups excluding carboxylic acids is 4. The highest BCUT2D eigenvalue weighted by Crippen LogP contribution is 2.58. The van der Waals surface area contributed by atoms with Crippen molar-refractivity contribution in [1.29, 1.82) is 0 Å². The van der Waals surface area contributed by atoms with Crippen molar-refractivity contribution < 1.29 is 23.9 Å². The van der Waals surface area contributed by atoms with Gasteiger partial charge in [0.25, 0.3) is 0 Å². The Morgan fingerprint density at radius 2 is 1.83 bits per heavy atom. The van der Waals surface area contributed by atoms with Gasteiger partial charge in [0.1, 0.15) is 17.5 Å². The van der Waals surface area contributed by atoms with E-state index in [0.29, 0.717) is 12.1 Å². The second kappa shape index (κ2) is 10.4. The molecule has 1 unspecified atom stereocenters. The van der Waals surface area contributed by atoms with E-state index in [2.05, 4.69) is 32.2 Å². The maximum Gasteiger partial charge on any atom is 0.414 e. The summed E-state index contributed by atoms with van der Waals surface area (Å²) < 4.78 is 5.44. The molecule has 1 atom stereocenters. The van der Waals surface area contributed by atoms with Crippen LogP contribution in [0.1, 0.15) is 57.6 Å². The van der Waals surface area contributed by atoms with E-state index in [1.165, 1.54) is 4.90 Å². The second-order valence-electron chi connectivity index (χ2n) is 12.8. The minimum absolute atomic E-state index is 0.00595. The van der Waals surface area contributed by atoms with Crippen LogP contribution in [-0.2, 0) is 31.1 Å². The van der Waals surface area contributed by atoms with Crippen LogP contribution in [0.15, 0.2) is 36.5 Å². The maximum atomic E-state index is 13.5. The van der Waals surface area contributed by atoms with Crippen LogP contribution in [0, 0.1) is 0 Å². The molecule has 4 heterocycles. The molecule has 6 rings (SSSR count). The molecular weight excluding hydrogens is 536 g/mol. The fourth-order valence-electron chi connectivity index (χ4n) is 6.17. The van der Waals surface area contributed by atoms with Gasteiger partial charge in [0.05, 0.1) is 17.3 Å². The van der Waals surface area contributed by atoms with E-state index in [9.17, 15) is 19.2 Å². The molecule has 0 radical (unpaired) electrons. The van der Waals surface area contributed by atoms with Crippen molar-refractivity contribution in [1.82, 2.24) is 15.2 Å². The van der Waals surface area contributed by atoms with E-state index in [0.717, 1.165) is 68.2 Å². The fourth-order valence-corrected chi connectivity index (χ4v) is 6.17. The second-order valence-corrected chi connectivity index (χ2v) is 12.8. The van der Waals surface area contributed by atoms with Gasteiger partial charge in [0.15, 0.2) is 0 Å². The van der Waals surface area contributed by atoms with Crippen LogP contribution in [0.5, 0.6) is 0 Å². The first kappa shape index (κ1) is 28.1. The molecule has 1 aliphatic carbocycles. The zero-order chi connectivity index (χ0) is 29.8. The number of nitrogens with one attached hydrogen (secondary N) is 1. The van der Waals surface area contributed by atoms with Crippen LogP contribution in [0.2, 0.25) is 0 Å². The first-order chi connectivity index (χ1) is 19.9. The van der Waals surface area contributed by atoms with Crippen LogP contribution in [0.3, 0.4) is 0 Å². The molecule has 1 spiro atoms. The van der Waals surface area contributed by atoms with E-state index in [1.807, 2.05) is 39.0 Å². The number of imide groups is 1. The number of piperidine rings is 1. The summed E-state index contributed by atoms with van der Waals surface area (Å²) in [5.74, 6) is 0.201. The molecule has 11 nitrogen and oxygen atoms in total. The summed E-state index contributed by atoms with van der Waals surface area (Å²) in [6.07, 6.45) is 3.47. The molecule has 2 aromatic rings. The number of nitrogens with zero attached hydrogens (tertiary/aromatic N) is 5.